The zero-order chi connectivity index (χ0) is 19.8. The van der Waals surface area contributed by atoms with E-state index in [1.54, 1.807) is 24.0 Å². The fourth-order valence-electron chi connectivity index (χ4n) is 3.56. The van der Waals surface area contributed by atoms with Crippen LogP contribution in [0.15, 0.2) is 35.3 Å². The molecule has 28 heavy (non-hydrogen) atoms. The number of carbonyl (C=O) groups excluding carboxylic acids is 2. The van der Waals surface area contributed by atoms with Crippen LogP contribution in [0.3, 0.4) is 0 Å². The van der Waals surface area contributed by atoms with Crippen LogP contribution in [0.2, 0.25) is 0 Å². The number of hydrogen-bond donors (Lipinski definition) is 3. The third kappa shape index (κ3) is 3.06. The van der Waals surface area contributed by atoms with Crippen LogP contribution in [0.5, 0.6) is 0 Å². The summed E-state index contributed by atoms with van der Waals surface area (Å²) < 4.78 is 1.60. The van der Waals surface area contributed by atoms with Gasteiger partial charge >= 0.3 is 0 Å². The molecular weight excluding hydrogens is 358 g/mol. The molecule has 1 fully saturated rings. The molecule has 1 aliphatic rings. The average molecular weight is 379 g/mol. The molecule has 4 rings (SSSR count). The van der Waals surface area contributed by atoms with Crippen LogP contribution in [0.25, 0.3) is 10.9 Å². The van der Waals surface area contributed by atoms with Crippen molar-refractivity contribution in [1.29, 1.82) is 0 Å². The summed E-state index contributed by atoms with van der Waals surface area (Å²) in [6, 6.07) is 7.00. The Morgan fingerprint density at radius 2 is 2.00 bits per heavy atom. The number of hydrogen-bond acceptors (Lipinski definition) is 4. The van der Waals surface area contributed by atoms with E-state index in [1.165, 1.54) is 13.1 Å². The Bertz CT molecular complexity index is 1140. The number of anilines is 1. The van der Waals surface area contributed by atoms with Gasteiger partial charge < -0.3 is 15.6 Å². The summed E-state index contributed by atoms with van der Waals surface area (Å²) in [5, 5.41) is 10.1. The zero-order valence-electron chi connectivity index (χ0n) is 15.7. The molecule has 0 unspecified atom stereocenters. The summed E-state index contributed by atoms with van der Waals surface area (Å²) in [4.78, 5) is 40.3. The summed E-state index contributed by atoms with van der Waals surface area (Å²) in [5.74, 6) is -0.0651. The summed E-state index contributed by atoms with van der Waals surface area (Å²) in [5.41, 5.74) is 1.28. The van der Waals surface area contributed by atoms with Gasteiger partial charge in [-0.05, 0) is 35.8 Å². The molecule has 3 N–H and O–H groups in total. The minimum absolute atomic E-state index is 0.0162. The molecule has 8 heteroatoms. The third-order valence-electron chi connectivity index (χ3n) is 5.25. The Kier molecular flexibility index (Phi) is 4.46. The number of aromatic nitrogens is 3. The minimum Gasteiger partial charge on any atom is -0.355 e. The van der Waals surface area contributed by atoms with E-state index in [0.29, 0.717) is 22.3 Å². The number of nitrogens with one attached hydrogen (secondary N) is 3. The maximum atomic E-state index is 13.1. The summed E-state index contributed by atoms with van der Waals surface area (Å²) in [6.45, 7) is 0. The van der Waals surface area contributed by atoms with E-state index in [2.05, 4.69) is 20.7 Å². The van der Waals surface area contributed by atoms with Crippen LogP contribution in [0, 0.1) is 0 Å². The van der Waals surface area contributed by atoms with E-state index in [9.17, 15) is 14.4 Å². The number of benzene rings is 1. The fraction of sp³-hybridized carbons (Fsp3) is 0.300. The van der Waals surface area contributed by atoms with Crippen molar-refractivity contribution >= 4 is 28.5 Å². The van der Waals surface area contributed by atoms with Gasteiger partial charge in [0.2, 0.25) is 0 Å². The van der Waals surface area contributed by atoms with Crippen molar-refractivity contribution in [3.05, 3.63) is 57.5 Å². The van der Waals surface area contributed by atoms with Gasteiger partial charge in [-0.25, -0.2) is 0 Å². The maximum absolute atomic E-state index is 13.1. The van der Waals surface area contributed by atoms with Crippen molar-refractivity contribution in [2.75, 3.05) is 12.4 Å². The summed E-state index contributed by atoms with van der Waals surface area (Å²) >= 11 is 0. The molecule has 1 aromatic carbocycles. The summed E-state index contributed by atoms with van der Waals surface area (Å²) in [7, 11) is 3.24. The highest BCUT2D eigenvalue weighted by Crippen LogP contribution is 2.39. The predicted octanol–water partition coefficient (Wildman–Crippen LogP) is 2.14. The Morgan fingerprint density at radius 3 is 2.61 bits per heavy atom. The van der Waals surface area contributed by atoms with Gasteiger partial charge in [0, 0.05) is 26.4 Å². The van der Waals surface area contributed by atoms with Crippen LogP contribution in [0.4, 0.5) is 5.82 Å². The smallest absolute Gasteiger partial charge is 0.261 e. The van der Waals surface area contributed by atoms with Crippen LogP contribution in [0.1, 0.15) is 51.5 Å². The van der Waals surface area contributed by atoms with E-state index in [4.69, 9.17) is 0 Å². The molecule has 0 aliphatic heterocycles. The Morgan fingerprint density at radius 1 is 1.21 bits per heavy atom. The van der Waals surface area contributed by atoms with E-state index in [0.717, 1.165) is 24.8 Å². The molecule has 0 saturated heterocycles. The van der Waals surface area contributed by atoms with Gasteiger partial charge in [-0.3, -0.25) is 19.1 Å². The highest BCUT2D eigenvalue weighted by atomic mass is 16.2. The van der Waals surface area contributed by atoms with Gasteiger partial charge in [-0.1, -0.05) is 18.6 Å². The van der Waals surface area contributed by atoms with Gasteiger partial charge in [-0.2, -0.15) is 5.10 Å². The Balaban J connectivity index is 1.87. The number of nitrogens with zero attached hydrogens (tertiary/aromatic N) is 2. The highest BCUT2D eigenvalue weighted by molar-refractivity contribution is 6.13. The lowest BCUT2D eigenvalue weighted by Crippen LogP contribution is -2.27. The van der Waals surface area contributed by atoms with E-state index < -0.39 is 11.5 Å². The van der Waals surface area contributed by atoms with Crippen LogP contribution < -0.4 is 16.2 Å². The second kappa shape index (κ2) is 6.95. The Hall–Kier alpha value is -3.42. The predicted molar refractivity (Wildman–Crippen MR) is 106 cm³/mol. The summed E-state index contributed by atoms with van der Waals surface area (Å²) in [6.07, 6.45) is 4.88. The fourth-order valence-corrected chi connectivity index (χ4v) is 3.56. The van der Waals surface area contributed by atoms with Gasteiger partial charge in [0.1, 0.15) is 5.56 Å². The lowest BCUT2D eigenvalue weighted by molar-refractivity contribution is 0.0961. The number of H-pyrrole nitrogens is 1. The molecule has 0 atom stereocenters. The first-order valence-electron chi connectivity index (χ1n) is 9.21. The molecule has 0 radical (unpaired) electrons. The first-order valence-corrected chi connectivity index (χ1v) is 9.21. The van der Waals surface area contributed by atoms with Gasteiger partial charge in [0.25, 0.3) is 17.4 Å². The van der Waals surface area contributed by atoms with Crippen LogP contribution >= 0.6 is 0 Å². The topological polar surface area (TPSA) is 109 Å². The SMILES string of the molecule is CNC(=O)c1cc2ccc(C3CCC3)c(C(=O)Nc3ccn(C)n3)c2[nH]c1=O. The number of pyridine rings is 1. The van der Waals surface area contributed by atoms with Gasteiger partial charge in [0.05, 0.1) is 11.1 Å². The number of fused-ring (bicyclic) bond motifs is 1. The second-order valence-electron chi connectivity index (χ2n) is 7.04. The molecule has 2 amide bonds. The average Bonchev–Trinajstić information content (AvgIpc) is 3.03. The van der Waals surface area contributed by atoms with Gasteiger partial charge in [-0.15, -0.1) is 0 Å². The molecule has 2 heterocycles. The molecule has 0 bridgehead atoms. The lowest BCUT2D eigenvalue weighted by atomic mass is 9.77. The quantitative estimate of drug-likeness (QED) is 0.645. The lowest BCUT2D eigenvalue weighted by Gasteiger charge is -2.28. The standard InChI is InChI=1S/C20H21N5O3/c1-21-18(26)14-10-12-6-7-13(11-4-3-5-11)16(17(12)23-19(14)27)20(28)22-15-8-9-25(2)24-15/h6-11H,3-5H2,1-2H3,(H,21,26)(H,23,27)(H,22,24,28). The van der Waals surface area contributed by atoms with Crippen molar-refractivity contribution in [3.8, 4) is 0 Å². The molecule has 144 valence electrons. The Labute approximate surface area is 160 Å². The first kappa shape index (κ1) is 18.0. The molecule has 1 saturated carbocycles. The van der Waals surface area contributed by atoms with Crippen molar-refractivity contribution in [2.24, 2.45) is 7.05 Å². The molecule has 1 aliphatic carbocycles. The van der Waals surface area contributed by atoms with Crippen molar-refractivity contribution < 1.29 is 9.59 Å². The molecule has 2 aromatic heterocycles. The van der Waals surface area contributed by atoms with E-state index in [-0.39, 0.29) is 17.4 Å². The molecular formula is C20H21N5O3. The zero-order valence-corrected chi connectivity index (χ0v) is 15.7. The maximum Gasteiger partial charge on any atom is 0.261 e. The van der Waals surface area contributed by atoms with E-state index in [1.807, 2.05) is 12.1 Å². The number of aromatic amines is 1. The highest BCUT2D eigenvalue weighted by Gasteiger charge is 2.27. The number of rotatable bonds is 4. The minimum atomic E-state index is -0.524. The molecule has 0 spiro atoms. The van der Waals surface area contributed by atoms with E-state index >= 15 is 0 Å². The number of aryl methyl sites for hydroxylation is 1. The van der Waals surface area contributed by atoms with Crippen molar-refractivity contribution in [1.82, 2.24) is 20.1 Å². The second-order valence-corrected chi connectivity index (χ2v) is 7.04. The molecule has 8 nitrogen and oxygen atoms in total. The van der Waals surface area contributed by atoms with Crippen molar-refractivity contribution in [3.63, 3.8) is 0 Å². The largest absolute Gasteiger partial charge is 0.355 e. The number of amides is 2. The van der Waals surface area contributed by atoms with Crippen LogP contribution in [-0.2, 0) is 7.05 Å². The molecule has 3 aromatic rings. The monoisotopic (exact) mass is 379 g/mol. The van der Waals surface area contributed by atoms with Crippen LogP contribution in [-0.4, -0.2) is 33.6 Å². The van der Waals surface area contributed by atoms with Crippen molar-refractivity contribution in [2.45, 2.75) is 25.2 Å². The van der Waals surface area contributed by atoms with Gasteiger partial charge in [0.15, 0.2) is 5.82 Å². The normalized spacial score (nSPS) is 13.9. The first-order chi connectivity index (χ1) is 13.5. The third-order valence-corrected chi connectivity index (χ3v) is 5.25. The number of carbonyl (C=O) groups is 2.